The number of alkyl halides is 3. The maximum absolute atomic E-state index is 13.0. The van der Waals surface area contributed by atoms with Gasteiger partial charge < -0.3 is 14.6 Å². The molecule has 1 aromatic carbocycles. The van der Waals surface area contributed by atoms with E-state index in [0.29, 0.717) is 37.1 Å². The van der Waals surface area contributed by atoms with Crippen molar-refractivity contribution < 1.29 is 22.4 Å². The predicted molar refractivity (Wildman–Crippen MR) is 136 cm³/mol. The highest BCUT2D eigenvalue weighted by Crippen LogP contribution is 2.33. The number of hydrogen-bond acceptors (Lipinski definition) is 7. The minimum Gasteiger partial charge on any atom is -0.463 e. The van der Waals surface area contributed by atoms with Crippen LogP contribution in [0.2, 0.25) is 5.02 Å². The molecule has 5 rings (SSSR count). The molecule has 1 amide bonds. The van der Waals surface area contributed by atoms with Crippen LogP contribution in [0.15, 0.2) is 57.7 Å². The molecule has 2 saturated heterocycles. The molecule has 2 aromatic heterocycles. The Hall–Kier alpha value is -3.48. The highest BCUT2D eigenvalue weighted by molar-refractivity contribution is 7.80. The van der Waals surface area contributed by atoms with Crippen molar-refractivity contribution in [3.8, 4) is 0 Å². The highest BCUT2D eigenvalue weighted by atomic mass is 35.5. The van der Waals surface area contributed by atoms with Gasteiger partial charge in [-0.3, -0.25) is 19.4 Å². The summed E-state index contributed by atoms with van der Waals surface area (Å²) >= 11 is 11.4. The predicted octanol–water partition coefficient (Wildman–Crippen LogP) is 3.70. The molecule has 0 aliphatic carbocycles. The second kappa shape index (κ2) is 9.77. The minimum absolute atomic E-state index is 0.0729. The summed E-state index contributed by atoms with van der Waals surface area (Å²) < 4.78 is 44.2. The zero-order valence-corrected chi connectivity index (χ0v) is 20.7. The highest BCUT2D eigenvalue weighted by Gasteiger charge is 2.34. The number of hydrogen-bond donors (Lipinski definition) is 1. The molecule has 0 spiro atoms. The van der Waals surface area contributed by atoms with Crippen molar-refractivity contribution in [3.05, 3.63) is 74.9 Å². The summed E-state index contributed by atoms with van der Waals surface area (Å²) in [4.78, 5) is 34.9. The normalized spacial score (nSPS) is 18.2. The Kier molecular flexibility index (Phi) is 6.65. The number of benzene rings is 1. The van der Waals surface area contributed by atoms with Crippen molar-refractivity contribution in [2.24, 2.45) is 0 Å². The number of piperazine rings is 1. The van der Waals surface area contributed by atoms with Gasteiger partial charge in [-0.15, -0.1) is 0 Å². The molecule has 0 saturated carbocycles. The van der Waals surface area contributed by atoms with Gasteiger partial charge in [0.25, 0.3) is 5.91 Å². The fourth-order valence-electron chi connectivity index (χ4n) is 4.17. The number of rotatable bonds is 4. The van der Waals surface area contributed by atoms with E-state index in [1.165, 1.54) is 17.2 Å². The van der Waals surface area contributed by atoms with Crippen LogP contribution >= 0.6 is 23.8 Å². The Bertz CT molecular complexity index is 1480. The number of halogens is 4. The molecule has 4 heterocycles. The third-order valence-electron chi connectivity index (χ3n) is 6.13. The Labute approximate surface area is 218 Å². The van der Waals surface area contributed by atoms with Gasteiger partial charge in [-0.25, -0.2) is 4.98 Å². The van der Waals surface area contributed by atoms with E-state index in [1.807, 2.05) is 4.90 Å². The smallest absolute Gasteiger partial charge is 0.417 e. The van der Waals surface area contributed by atoms with Crippen LogP contribution in [-0.4, -0.2) is 58.7 Å². The Balaban J connectivity index is 1.24. The van der Waals surface area contributed by atoms with Crippen molar-refractivity contribution in [3.63, 3.8) is 0 Å². The lowest BCUT2D eigenvalue weighted by atomic mass is 10.1. The van der Waals surface area contributed by atoms with Crippen molar-refractivity contribution in [1.82, 2.24) is 20.1 Å². The molecular weight excluding hydrogens is 531 g/mol. The summed E-state index contributed by atoms with van der Waals surface area (Å²) in [5.74, 6) is -0.101. The standard InChI is InChI=1S/C24H19ClF3N5O3S/c25-17-10-15(24(26,27)28)11-29-21(17)32-7-5-31(6-8-32)13-33-22(35)18(30-23(33)37)9-14-12-36-19-4-2-1-3-16(19)20(14)34/h1-4,9-12H,5-8,13H2,(H,30,37). The summed E-state index contributed by atoms with van der Waals surface area (Å²) in [6.07, 6.45) is -1.03. The number of pyridine rings is 1. The lowest BCUT2D eigenvalue weighted by Gasteiger charge is -2.37. The maximum Gasteiger partial charge on any atom is 0.417 e. The van der Waals surface area contributed by atoms with E-state index < -0.39 is 11.7 Å². The molecule has 0 radical (unpaired) electrons. The molecule has 2 fully saturated rings. The number of nitrogens with zero attached hydrogens (tertiary/aromatic N) is 4. The Morgan fingerprint density at radius 3 is 2.59 bits per heavy atom. The average Bonchev–Trinajstić information content (AvgIpc) is 3.13. The van der Waals surface area contributed by atoms with Gasteiger partial charge in [0.2, 0.25) is 0 Å². The van der Waals surface area contributed by atoms with Crippen LogP contribution in [0, 0.1) is 0 Å². The lowest BCUT2D eigenvalue weighted by Crippen LogP contribution is -2.51. The van der Waals surface area contributed by atoms with Crippen LogP contribution in [0.1, 0.15) is 11.1 Å². The second-order valence-corrected chi connectivity index (χ2v) is 9.31. The first-order valence-electron chi connectivity index (χ1n) is 11.2. The summed E-state index contributed by atoms with van der Waals surface area (Å²) in [7, 11) is 0. The molecule has 0 bridgehead atoms. The minimum atomic E-state index is -4.52. The Morgan fingerprint density at radius 1 is 1.16 bits per heavy atom. The Morgan fingerprint density at radius 2 is 1.89 bits per heavy atom. The zero-order valence-electron chi connectivity index (χ0n) is 19.1. The quantitative estimate of drug-likeness (QED) is 0.390. The fourth-order valence-corrected chi connectivity index (χ4v) is 4.70. The monoisotopic (exact) mass is 549 g/mol. The molecule has 1 N–H and O–H groups in total. The summed E-state index contributed by atoms with van der Waals surface area (Å²) in [6.45, 7) is 2.09. The van der Waals surface area contributed by atoms with Crippen LogP contribution in [0.4, 0.5) is 19.0 Å². The van der Waals surface area contributed by atoms with Gasteiger partial charge in [0.05, 0.1) is 28.2 Å². The van der Waals surface area contributed by atoms with E-state index in [-0.39, 0.29) is 45.2 Å². The SMILES string of the molecule is O=C1C(=Cc2coc3ccccc3c2=O)NC(=S)N1CN1CCN(c2ncc(C(F)(F)F)cc2Cl)CC1. The lowest BCUT2D eigenvalue weighted by molar-refractivity contribution is -0.137. The molecule has 2 aliphatic heterocycles. The van der Waals surface area contributed by atoms with Gasteiger partial charge in [0.1, 0.15) is 23.4 Å². The first-order chi connectivity index (χ1) is 17.6. The number of carbonyl (C=O) groups is 1. The summed E-state index contributed by atoms with van der Waals surface area (Å²) in [5.41, 5.74) is -0.344. The van der Waals surface area contributed by atoms with E-state index in [2.05, 4.69) is 10.3 Å². The topological polar surface area (TPSA) is 81.9 Å². The first kappa shape index (κ1) is 25.2. The zero-order chi connectivity index (χ0) is 26.3. The van der Waals surface area contributed by atoms with Gasteiger partial charge in [0.15, 0.2) is 10.5 Å². The number of nitrogens with one attached hydrogen (secondary N) is 1. The van der Waals surface area contributed by atoms with Crippen molar-refractivity contribution in [2.75, 3.05) is 37.7 Å². The van der Waals surface area contributed by atoms with Gasteiger partial charge in [-0.1, -0.05) is 23.7 Å². The summed E-state index contributed by atoms with van der Waals surface area (Å²) in [5, 5.41) is 3.40. The number of carbonyl (C=O) groups excluding carboxylic acids is 1. The van der Waals surface area contributed by atoms with Crippen molar-refractivity contribution >= 4 is 57.7 Å². The molecular formula is C24H19ClF3N5O3S. The third kappa shape index (κ3) is 5.04. The van der Waals surface area contributed by atoms with E-state index in [9.17, 15) is 22.8 Å². The molecule has 37 heavy (non-hydrogen) atoms. The molecule has 0 unspecified atom stereocenters. The molecule has 2 aliphatic rings. The molecule has 0 atom stereocenters. The van der Waals surface area contributed by atoms with Crippen molar-refractivity contribution in [1.29, 1.82) is 0 Å². The number of fused-ring (bicyclic) bond motifs is 1. The number of para-hydroxylation sites is 1. The van der Waals surface area contributed by atoms with Gasteiger partial charge in [-0.05, 0) is 36.5 Å². The van der Waals surface area contributed by atoms with Crippen molar-refractivity contribution in [2.45, 2.75) is 6.18 Å². The van der Waals surface area contributed by atoms with Crippen LogP contribution in [0.5, 0.6) is 0 Å². The average molecular weight is 550 g/mol. The van der Waals surface area contributed by atoms with Gasteiger partial charge in [-0.2, -0.15) is 13.2 Å². The second-order valence-electron chi connectivity index (χ2n) is 8.51. The van der Waals surface area contributed by atoms with Crippen LogP contribution in [0.25, 0.3) is 17.0 Å². The maximum atomic E-state index is 13.0. The number of anilines is 1. The van der Waals surface area contributed by atoms with E-state index in [0.717, 1.165) is 12.3 Å². The number of amides is 1. The molecule has 3 aromatic rings. The molecule has 13 heteroatoms. The molecule has 192 valence electrons. The summed E-state index contributed by atoms with van der Waals surface area (Å²) in [6, 6.07) is 7.69. The third-order valence-corrected chi connectivity index (χ3v) is 6.73. The van der Waals surface area contributed by atoms with Gasteiger partial charge >= 0.3 is 6.18 Å². The largest absolute Gasteiger partial charge is 0.463 e. The molecule has 8 nitrogen and oxygen atoms in total. The number of thiocarbonyl (C=S) groups is 1. The van der Waals surface area contributed by atoms with E-state index >= 15 is 0 Å². The number of aromatic nitrogens is 1. The van der Waals surface area contributed by atoms with E-state index in [4.69, 9.17) is 28.2 Å². The van der Waals surface area contributed by atoms with Gasteiger partial charge in [0, 0.05) is 32.4 Å². The van der Waals surface area contributed by atoms with Crippen LogP contribution in [0.3, 0.4) is 0 Å². The first-order valence-corrected chi connectivity index (χ1v) is 12.0. The fraction of sp³-hybridized carbons (Fsp3) is 0.250. The van der Waals surface area contributed by atoms with Crippen LogP contribution < -0.4 is 15.6 Å². The van der Waals surface area contributed by atoms with Crippen LogP contribution in [-0.2, 0) is 11.0 Å². The van der Waals surface area contributed by atoms with E-state index in [1.54, 1.807) is 29.2 Å².